The largest absolute Gasteiger partial charge is 0.496 e. The Bertz CT molecular complexity index is 512. The monoisotopic (exact) mass is 288 g/mol. The average Bonchev–Trinajstić information content (AvgIpc) is 3.28. The van der Waals surface area contributed by atoms with Crippen molar-refractivity contribution in [2.75, 3.05) is 20.2 Å². The lowest BCUT2D eigenvalue weighted by atomic mass is 9.91. The fraction of sp³-hybridized carbons (Fsp3) is 0.667. The first-order valence-electron chi connectivity index (χ1n) is 8.14. The van der Waals surface area contributed by atoms with Gasteiger partial charge < -0.3 is 10.1 Å². The fourth-order valence-corrected chi connectivity index (χ4v) is 3.60. The van der Waals surface area contributed by atoms with Crippen LogP contribution in [0.2, 0.25) is 0 Å². The van der Waals surface area contributed by atoms with Crippen LogP contribution in [0.1, 0.15) is 37.8 Å². The third-order valence-corrected chi connectivity index (χ3v) is 5.24. The molecule has 116 valence electrons. The summed E-state index contributed by atoms with van der Waals surface area (Å²) >= 11 is 0. The quantitative estimate of drug-likeness (QED) is 0.922. The first kappa shape index (κ1) is 14.9. The zero-order valence-electron chi connectivity index (χ0n) is 13.8. The van der Waals surface area contributed by atoms with E-state index in [1.54, 1.807) is 7.11 Å². The minimum Gasteiger partial charge on any atom is -0.496 e. The van der Waals surface area contributed by atoms with Crippen LogP contribution in [-0.4, -0.2) is 36.7 Å². The standard InChI is InChI=1S/C18H28N2O/c1-13-5-8-17(21-4)15(9-13)11-20-12-18(3,16-6-7-16)19-10-14(20)2/h5,8-9,14,16,19H,6-7,10-12H2,1-4H3. The minimum absolute atomic E-state index is 0.295. The van der Waals surface area contributed by atoms with Gasteiger partial charge in [-0.15, -0.1) is 0 Å². The van der Waals surface area contributed by atoms with Crippen LogP contribution in [0.3, 0.4) is 0 Å². The molecule has 1 aromatic rings. The van der Waals surface area contributed by atoms with Gasteiger partial charge in [0.15, 0.2) is 0 Å². The van der Waals surface area contributed by atoms with Gasteiger partial charge in [0.25, 0.3) is 0 Å². The van der Waals surface area contributed by atoms with E-state index in [1.807, 2.05) is 0 Å². The lowest BCUT2D eigenvalue weighted by Crippen LogP contribution is -2.62. The molecule has 3 rings (SSSR count). The molecule has 1 heterocycles. The van der Waals surface area contributed by atoms with Gasteiger partial charge in [-0.1, -0.05) is 17.7 Å². The van der Waals surface area contributed by atoms with Crippen LogP contribution < -0.4 is 10.1 Å². The molecule has 2 fully saturated rings. The number of hydrogen-bond donors (Lipinski definition) is 1. The molecular weight excluding hydrogens is 260 g/mol. The van der Waals surface area contributed by atoms with Gasteiger partial charge in [0.1, 0.15) is 5.75 Å². The molecule has 1 aromatic carbocycles. The highest BCUT2D eigenvalue weighted by Crippen LogP contribution is 2.41. The van der Waals surface area contributed by atoms with Gasteiger partial charge >= 0.3 is 0 Å². The molecule has 1 saturated heterocycles. The predicted molar refractivity (Wildman–Crippen MR) is 86.7 cm³/mol. The second kappa shape index (κ2) is 5.62. The van der Waals surface area contributed by atoms with Crippen molar-refractivity contribution >= 4 is 0 Å². The molecule has 1 saturated carbocycles. The number of nitrogens with one attached hydrogen (secondary N) is 1. The summed E-state index contributed by atoms with van der Waals surface area (Å²) in [5.41, 5.74) is 2.91. The van der Waals surface area contributed by atoms with Crippen LogP contribution in [0.25, 0.3) is 0 Å². The number of hydrogen-bond acceptors (Lipinski definition) is 3. The van der Waals surface area contributed by atoms with Crippen LogP contribution in [0, 0.1) is 12.8 Å². The van der Waals surface area contributed by atoms with Gasteiger partial charge in [0.05, 0.1) is 7.11 Å². The van der Waals surface area contributed by atoms with E-state index in [9.17, 15) is 0 Å². The Morgan fingerprint density at radius 2 is 2.14 bits per heavy atom. The van der Waals surface area contributed by atoms with Gasteiger partial charge in [0, 0.05) is 36.8 Å². The van der Waals surface area contributed by atoms with E-state index < -0.39 is 0 Å². The van der Waals surface area contributed by atoms with Crippen molar-refractivity contribution in [3.63, 3.8) is 0 Å². The average molecular weight is 288 g/mol. The lowest BCUT2D eigenvalue weighted by Gasteiger charge is -2.45. The van der Waals surface area contributed by atoms with Crippen molar-refractivity contribution in [1.82, 2.24) is 10.2 Å². The van der Waals surface area contributed by atoms with E-state index in [-0.39, 0.29) is 0 Å². The maximum atomic E-state index is 5.55. The summed E-state index contributed by atoms with van der Waals surface area (Å²) < 4.78 is 5.55. The number of nitrogens with zero attached hydrogens (tertiary/aromatic N) is 1. The summed E-state index contributed by atoms with van der Waals surface area (Å²) in [6, 6.07) is 7.05. The lowest BCUT2D eigenvalue weighted by molar-refractivity contribution is 0.0763. The molecule has 0 aromatic heterocycles. The van der Waals surface area contributed by atoms with Crippen molar-refractivity contribution < 1.29 is 4.74 Å². The Hall–Kier alpha value is -1.06. The van der Waals surface area contributed by atoms with Gasteiger partial charge in [0.2, 0.25) is 0 Å². The molecule has 21 heavy (non-hydrogen) atoms. The summed E-state index contributed by atoms with van der Waals surface area (Å²) in [5, 5.41) is 3.79. The van der Waals surface area contributed by atoms with Crippen LogP contribution in [0.4, 0.5) is 0 Å². The second-order valence-electron chi connectivity index (χ2n) is 7.14. The van der Waals surface area contributed by atoms with Crippen LogP contribution >= 0.6 is 0 Å². The van der Waals surface area contributed by atoms with Crippen molar-refractivity contribution in [2.24, 2.45) is 5.92 Å². The molecule has 1 N–H and O–H groups in total. The highest BCUT2D eigenvalue weighted by atomic mass is 16.5. The number of ether oxygens (including phenoxy) is 1. The Morgan fingerprint density at radius 3 is 2.81 bits per heavy atom. The maximum Gasteiger partial charge on any atom is 0.123 e. The van der Waals surface area contributed by atoms with E-state index in [1.165, 1.54) is 24.0 Å². The molecule has 1 aliphatic carbocycles. The van der Waals surface area contributed by atoms with Gasteiger partial charge in [-0.3, -0.25) is 4.90 Å². The number of rotatable bonds is 4. The van der Waals surface area contributed by atoms with E-state index in [2.05, 4.69) is 49.2 Å². The first-order chi connectivity index (χ1) is 10.0. The molecule has 1 aliphatic heterocycles. The first-order valence-corrected chi connectivity index (χ1v) is 8.14. The highest BCUT2D eigenvalue weighted by molar-refractivity contribution is 5.37. The zero-order valence-corrected chi connectivity index (χ0v) is 13.8. The molecule has 0 radical (unpaired) electrons. The Labute approximate surface area is 128 Å². The second-order valence-corrected chi connectivity index (χ2v) is 7.14. The minimum atomic E-state index is 0.295. The van der Waals surface area contributed by atoms with E-state index in [0.717, 1.165) is 31.3 Å². The summed E-state index contributed by atoms with van der Waals surface area (Å²) in [4.78, 5) is 2.62. The molecule has 3 heteroatoms. The molecule has 2 atom stereocenters. The summed E-state index contributed by atoms with van der Waals surface area (Å²) in [7, 11) is 1.77. The Balaban J connectivity index is 1.77. The summed E-state index contributed by atoms with van der Waals surface area (Å²) in [6.45, 7) is 10.1. The van der Waals surface area contributed by atoms with Crippen LogP contribution in [0.5, 0.6) is 5.75 Å². The topological polar surface area (TPSA) is 24.5 Å². The van der Waals surface area contributed by atoms with Crippen molar-refractivity contribution in [1.29, 1.82) is 0 Å². The molecule has 0 bridgehead atoms. The normalized spacial score (nSPS) is 30.4. The molecule has 2 unspecified atom stereocenters. The van der Waals surface area contributed by atoms with Gasteiger partial charge in [-0.2, -0.15) is 0 Å². The van der Waals surface area contributed by atoms with Gasteiger partial charge in [-0.25, -0.2) is 0 Å². The molecule has 3 nitrogen and oxygen atoms in total. The predicted octanol–water partition coefficient (Wildman–Crippen LogP) is 2.97. The van der Waals surface area contributed by atoms with Crippen LogP contribution in [0.15, 0.2) is 18.2 Å². The van der Waals surface area contributed by atoms with Crippen molar-refractivity contribution in [2.45, 2.75) is 51.7 Å². The van der Waals surface area contributed by atoms with E-state index in [4.69, 9.17) is 4.74 Å². The Kier molecular flexibility index (Phi) is 3.98. The van der Waals surface area contributed by atoms with Crippen molar-refractivity contribution in [3.8, 4) is 5.75 Å². The number of piperazine rings is 1. The van der Waals surface area contributed by atoms with Gasteiger partial charge in [-0.05, 0) is 45.6 Å². The number of benzene rings is 1. The summed E-state index contributed by atoms with van der Waals surface area (Å²) in [5.74, 6) is 1.88. The third-order valence-electron chi connectivity index (χ3n) is 5.24. The Morgan fingerprint density at radius 1 is 1.38 bits per heavy atom. The van der Waals surface area contributed by atoms with E-state index in [0.29, 0.717) is 11.6 Å². The smallest absolute Gasteiger partial charge is 0.123 e. The van der Waals surface area contributed by atoms with Crippen LogP contribution in [-0.2, 0) is 6.54 Å². The SMILES string of the molecule is COc1ccc(C)cc1CN1CC(C)(C2CC2)NCC1C. The zero-order chi connectivity index (χ0) is 15.0. The fourth-order valence-electron chi connectivity index (χ4n) is 3.60. The van der Waals surface area contributed by atoms with Crippen molar-refractivity contribution in [3.05, 3.63) is 29.3 Å². The molecule has 0 spiro atoms. The third kappa shape index (κ3) is 3.09. The molecule has 2 aliphatic rings. The summed E-state index contributed by atoms with van der Waals surface area (Å²) in [6.07, 6.45) is 2.78. The maximum absolute atomic E-state index is 5.55. The number of methoxy groups -OCH3 is 1. The number of aryl methyl sites for hydroxylation is 1. The highest BCUT2D eigenvalue weighted by Gasteiger charge is 2.45. The molecular formula is C18H28N2O. The van der Waals surface area contributed by atoms with E-state index >= 15 is 0 Å². The molecule has 0 amide bonds.